The zero-order valence-electron chi connectivity index (χ0n) is 14.8. The molecule has 1 aliphatic rings. The number of rotatable bonds is 8. The molecule has 0 radical (unpaired) electrons. The van der Waals surface area contributed by atoms with Gasteiger partial charge in [0.2, 0.25) is 5.91 Å². The van der Waals surface area contributed by atoms with Gasteiger partial charge in [0.05, 0.1) is 38.2 Å². The number of carbonyl (C=O) groups is 1. The van der Waals surface area contributed by atoms with Crippen molar-refractivity contribution in [2.75, 3.05) is 26.0 Å². The molecule has 0 bridgehead atoms. The lowest BCUT2D eigenvalue weighted by atomic mass is 10.1. The summed E-state index contributed by atoms with van der Waals surface area (Å²) in [5.41, 5.74) is 1.83. The van der Waals surface area contributed by atoms with Crippen LogP contribution in [-0.2, 0) is 16.2 Å². The van der Waals surface area contributed by atoms with Crippen LogP contribution in [0.15, 0.2) is 41.1 Å². The first-order valence-corrected chi connectivity index (χ1v) is 9.27. The molecule has 1 amide bonds. The van der Waals surface area contributed by atoms with E-state index in [1.54, 1.807) is 36.3 Å². The second-order valence-electron chi connectivity index (χ2n) is 6.59. The van der Waals surface area contributed by atoms with Crippen molar-refractivity contribution in [3.63, 3.8) is 0 Å². The van der Waals surface area contributed by atoms with Crippen LogP contribution in [0.4, 0.5) is 5.69 Å². The number of amides is 1. The van der Waals surface area contributed by atoms with E-state index in [1.165, 1.54) is 5.56 Å². The number of carbonyl (C=O) groups excluding carboxylic acids is 1. The first-order chi connectivity index (χ1) is 12.5. The fourth-order valence-electron chi connectivity index (χ4n) is 2.97. The van der Waals surface area contributed by atoms with Gasteiger partial charge in [0.1, 0.15) is 0 Å². The molecular weight excluding hydrogens is 400 g/mol. The molecule has 7 nitrogen and oxygen atoms in total. The minimum Gasteiger partial charge on any atom is -0.390 e. The fourth-order valence-corrected chi connectivity index (χ4v) is 3.24. The monoisotopic (exact) mass is 422 g/mol. The van der Waals surface area contributed by atoms with Gasteiger partial charge in [0, 0.05) is 23.6 Å². The Kier molecular flexibility index (Phi) is 6.08. The summed E-state index contributed by atoms with van der Waals surface area (Å²) in [6.07, 6.45) is 3.57. The largest absolute Gasteiger partial charge is 0.390 e. The standard InChI is InChI=1S/C18H23BrN4O3/c1-22(26-2)10-15(24)11-23-9-14(8-20-23)21-18(25)17-7-16(17)12-3-5-13(19)6-4-12/h3-6,8-9,15-17,24H,7,10-11H2,1-2H3,(H,21,25)/t15-,16-,17-/m0/s1. The highest BCUT2D eigenvalue weighted by molar-refractivity contribution is 9.10. The molecule has 1 aromatic heterocycles. The van der Waals surface area contributed by atoms with Crippen LogP contribution < -0.4 is 5.32 Å². The van der Waals surface area contributed by atoms with Gasteiger partial charge in [-0.2, -0.15) is 10.2 Å². The molecule has 2 aromatic rings. The number of benzene rings is 1. The molecule has 140 valence electrons. The highest BCUT2D eigenvalue weighted by Crippen LogP contribution is 2.48. The van der Waals surface area contributed by atoms with Crippen LogP contribution >= 0.6 is 15.9 Å². The highest BCUT2D eigenvalue weighted by Gasteiger charge is 2.43. The smallest absolute Gasteiger partial charge is 0.228 e. The fraction of sp³-hybridized carbons (Fsp3) is 0.444. The van der Waals surface area contributed by atoms with Crippen LogP contribution in [0.25, 0.3) is 0 Å². The lowest BCUT2D eigenvalue weighted by Crippen LogP contribution is -2.31. The van der Waals surface area contributed by atoms with Gasteiger partial charge in [-0.05, 0) is 30.0 Å². The van der Waals surface area contributed by atoms with Gasteiger partial charge in [-0.15, -0.1) is 0 Å². The number of likely N-dealkylation sites (N-methyl/N-ethyl adjacent to an activating group) is 1. The van der Waals surface area contributed by atoms with Crippen molar-refractivity contribution in [2.24, 2.45) is 5.92 Å². The lowest BCUT2D eigenvalue weighted by Gasteiger charge is -2.17. The number of hydrogen-bond donors (Lipinski definition) is 2. The maximum atomic E-state index is 12.4. The summed E-state index contributed by atoms with van der Waals surface area (Å²) in [7, 11) is 3.29. The molecule has 0 saturated heterocycles. The second-order valence-corrected chi connectivity index (χ2v) is 7.50. The molecule has 0 spiro atoms. The summed E-state index contributed by atoms with van der Waals surface area (Å²) in [4.78, 5) is 17.4. The molecule has 0 aliphatic heterocycles. The number of nitrogens with one attached hydrogen (secondary N) is 1. The predicted molar refractivity (Wildman–Crippen MR) is 101 cm³/mol. The SMILES string of the molecule is CON(C)C[C@H](O)Cn1cc(NC(=O)[C@H]2C[C@H]2c2ccc(Br)cc2)cn1. The van der Waals surface area contributed by atoms with Crippen molar-refractivity contribution >= 4 is 27.5 Å². The van der Waals surface area contributed by atoms with Gasteiger partial charge in [-0.25, -0.2) is 0 Å². The minimum absolute atomic E-state index is 0.000434. The van der Waals surface area contributed by atoms with Gasteiger partial charge >= 0.3 is 0 Å². The summed E-state index contributed by atoms with van der Waals surface area (Å²) >= 11 is 3.42. The molecule has 8 heteroatoms. The Balaban J connectivity index is 1.50. The van der Waals surface area contributed by atoms with E-state index in [1.807, 2.05) is 12.1 Å². The molecule has 1 heterocycles. The normalized spacial score (nSPS) is 20.2. The number of anilines is 1. The van der Waals surface area contributed by atoms with E-state index < -0.39 is 6.10 Å². The first kappa shape index (κ1) is 19.0. The summed E-state index contributed by atoms with van der Waals surface area (Å²) in [6, 6.07) is 8.11. The lowest BCUT2D eigenvalue weighted by molar-refractivity contribution is -0.129. The number of hydrogen-bond acceptors (Lipinski definition) is 5. The molecule has 1 saturated carbocycles. The third-order valence-corrected chi connectivity index (χ3v) is 5.03. The second kappa shape index (κ2) is 8.30. The Bertz CT molecular complexity index is 749. The zero-order chi connectivity index (χ0) is 18.7. The maximum Gasteiger partial charge on any atom is 0.228 e. The van der Waals surface area contributed by atoms with E-state index >= 15 is 0 Å². The molecule has 3 atom stereocenters. The van der Waals surface area contributed by atoms with Gasteiger partial charge in [0.15, 0.2) is 0 Å². The van der Waals surface area contributed by atoms with Crippen molar-refractivity contribution in [3.8, 4) is 0 Å². The van der Waals surface area contributed by atoms with Crippen LogP contribution in [0.3, 0.4) is 0 Å². The minimum atomic E-state index is -0.617. The van der Waals surface area contributed by atoms with E-state index in [2.05, 4.69) is 38.5 Å². The number of aromatic nitrogens is 2. The Hall–Kier alpha value is -1.74. The van der Waals surface area contributed by atoms with Crippen LogP contribution in [-0.4, -0.2) is 52.7 Å². The van der Waals surface area contributed by atoms with Crippen molar-refractivity contribution in [3.05, 3.63) is 46.7 Å². The molecule has 1 fully saturated rings. The van der Waals surface area contributed by atoms with Gasteiger partial charge in [0.25, 0.3) is 0 Å². The van der Waals surface area contributed by atoms with Crippen molar-refractivity contribution < 1.29 is 14.7 Å². The number of nitrogens with zero attached hydrogens (tertiary/aromatic N) is 3. The zero-order valence-corrected chi connectivity index (χ0v) is 16.4. The highest BCUT2D eigenvalue weighted by atomic mass is 79.9. The van der Waals surface area contributed by atoms with E-state index in [-0.39, 0.29) is 17.7 Å². The number of halogens is 1. The summed E-state index contributed by atoms with van der Waals surface area (Å²) in [6.45, 7) is 0.698. The Morgan fingerprint density at radius 1 is 1.50 bits per heavy atom. The quantitative estimate of drug-likeness (QED) is 0.637. The van der Waals surface area contributed by atoms with E-state index in [4.69, 9.17) is 4.84 Å². The van der Waals surface area contributed by atoms with E-state index in [0.717, 1.165) is 10.9 Å². The van der Waals surface area contributed by atoms with E-state index in [0.29, 0.717) is 18.8 Å². The predicted octanol–water partition coefficient (Wildman–Crippen LogP) is 2.24. The first-order valence-electron chi connectivity index (χ1n) is 8.48. The van der Waals surface area contributed by atoms with Crippen molar-refractivity contribution in [1.29, 1.82) is 0 Å². The van der Waals surface area contributed by atoms with Crippen molar-refractivity contribution in [2.45, 2.75) is 25.0 Å². The van der Waals surface area contributed by atoms with Crippen LogP contribution in [0.5, 0.6) is 0 Å². The molecular formula is C18H23BrN4O3. The molecule has 2 N–H and O–H groups in total. The third kappa shape index (κ3) is 4.91. The average molecular weight is 423 g/mol. The van der Waals surface area contributed by atoms with Crippen molar-refractivity contribution in [1.82, 2.24) is 14.8 Å². The topological polar surface area (TPSA) is 79.6 Å². The average Bonchev–Trinajstić information content (AvgIpc) is 3.30. The Morgan fingerprint density at radius 3 is 2.92 bits per heavy atom. The maximum absolute atomic E-state index is 12.4. The molecule has 3 rings (SSSR count). The number of aliphatic hydroxyl groups is 1. The third-order valence-electron chi connectivity index (χ3n) is 4.50. The molecule has 26 heavy (non-hydrogen) atoms. The number of hydroxylamine groups is 2. The van der Waals surface area contributed by atoms with Gasteiger partial charge in [-0.1, -0.05) is 28.1 Å². The van der Waals surface area contributed by atoms with E-state index in [9.17, 15) is 9.90 Å². The molecule has 0 unspecified atom stereocenters. The van der Waals surface area contributed by atoms with Crippen LogP contribution in [0.1, 0.15) is 17.9 Å². The Morgan fingerprint density at radius 2 is 2.23 bits per heavy atom. The molecule has 1 aromatic carbocycles. The summed E-state index contributed by atoms with van der Waals surface area (Å²) in [5, 5.41) is 18.6. The van der Waals surface area contributed by atoms with Crippen LogP contribution in [0.2, 0.25) is 0 Å². The summed E-state index contributed by atoms with van der Waals surface area (Å²) < 4.78 is 2.65. The van der Waals surface area contributed by atoms with Gasteiger partial charge < -0.3 is 15.3 Å². The van der Waals surface area contributed by atoms with Gasteiger partial charge in [-0.3, -0.25) is 9.48 Å². The molecule has 1 aliphatic carbocycles. The Labute approximate surface area is 161 Å². The van der Waals surface area contributed by atoms with Crippen LogP contribution in [0, 0.1) is 5.92 Å². The summed E-state index contributed by atoms with van der Waals surface area (Å²) in [5.74, 6) is 0.294. The number of aliphatic hydroxyl groups excluding tert-OH is 1.